The number of nitrogens with zero attached hydrogens (tertiary/aromatic N) is 1. The second kappa shape index (κ2) is 9.93. The summed E-state index contributed by atoms with van der Waals surface area (Å²) in [5.74, 6) is 0.472. The van der Waals surface area contributed by atoms with Crippen LogP contribution < -0.4 is 15.4 Å². The van der Waals surface area contributed by atoms with Gasteiger partial charge in [0.2, 0.25) is 5.91 Å². The lowest BCUT2D eigenvalue weighted by Gasteiger charge is -2.20. The molecule has 2 aromatic carbocycles. The summed E-state index contributed by atoms with van der Waals surface area (Å²) in [7, 11) is 0. The molecule has 6 nitrogen and oxygen atoms in total. The quantitative estimate of drug-likeness (QED) is 0.685. The molecule has 0 saturated carbocycles. The Hall–Kier alpha value is -3.59. The molecule has 0 spiro atoms. The lowest BCUT2D eigenvalue weighted by atomic mass is 10.0. The molecule has 1 atom stereocenters. The molecular formula is C22H23N3O3. The number of hydrogen-bond acceptors (Lipinski definition) is 4. The van der Waals surface area contributed by atoms with Crippen LogP contribution in [0, 0.1) is 17.2 Å². The van der Waals surface area contributed by atoms with Gasteiger partial charge in [0.25, 0.3) is 5.91 Å². The summed E-state index contributed by atoms with van der Waals surface area (Å²) in [6.45, 7) is 7.33. The fourth-order valence-electron chi connectivity index (χ4n) is 2.53. The molecule has 2 aromatic rings. The Morgan fingerprint density at radius 1 is 1.11 bits per heavy atom. The maximum atomic E-state index is 12.7. The third-order valence-electron chi connectivity index (χ3n) is 3.81. The number of carbonyl (C=O) groups excluding carboxylic acids is 2. The van der Waals surface area contributed by atoms with Crippen molar-refractivity contribution in [2.45, 2.75) is 26.3 Å². The number of rotatable bonds is 8. The number of ether oxygens (including phenoxy) is 1. The van der Waals surface area contributed by atoms with Gasteiger partial charge in [0, 0.05) is 5.56 Å². The van der Waals surface area contributed by atoms with Crippen molar-refractivity contribution in [3.05, 3.63) is 72.4 Å². The first-order chi connectivity index (χ1) is 13.4. The zero-order chi connectivity index (χ0) is 20.5. The van der Waals surface area contributed by atoms with Gasteiger partial charge in [-0.05, 0) is 42.7 Å². The predicted molar refractivity (Wildman–Crippen MR) is 107 cm³/mol. The van der Waals surface area contributed by atoms with E-state index in [0.29, 0.717) is 23.5 Å². The molecule has 0 aliphatic carbocycles. The summed E-state index contributed by atoms with van der Waals surface area (Å²) in [5, 5.41) is 13.9. The predicted octanol–water partition coefficient (Wildman–Crippen LogP) is 3.78. The summed E-state index contributed by atoms with van der Waals surface area (Å²) in [6, 6.07) is 16.9. The molecule has 0 saturated heterocycles. The van der Waals surface area contributed by atoms with Crippen molar-refractivity contribution in [3.8, 4) is 17.6 Å². The van der Waals surface area contributed by atoms with Crippen LogP contribution in [0.3, 0.4) is 0 Å². The van der Waals surface area contributed by atoms with Crippen molar-refractivity contribution >= 4 is 11.8 Å². The SMILES string of the molecule is C=C(C#N)NC(=O)[C@H](CC(C)C)NC(=O)c1cccc(Oc2ccccc2)c1. The molecule has 0 unspecified atom stereocenters. The molecule has 0 heterocycles. The number of benzene rings is 2. The average molecular weight is 377 g/mol. The van der Waals surface area contributed by atoms with Gasteiger partial charge >= 0.3 is 0 Å². The van der Waals surface area contributed by atoms with Gasteiger partial charge in [0.15, 0.2) is 0 Å². The maximum absolute atomic E-state index is 12.7. The molecule has 0 fully saturated rings. The second-order valence-electron chi connectivity index (χ2n) is 6.68. The van der Waals surface area contributed by atoms with Crippen molar-refractivity contribution in [2.75, 3.05) is 0 Å². The highest BCUT2D eigenvalue weighted by Crippen LogP contribution is 2.22. The van der Waals surface area contributed by atoms with Crippen molar-refractivity contribution in [2.24, 2.45) is 5.92 Å². The van der Waals surface area contributed by atoms with E-state index in [0.717, 1.165) is 0 Å². The van der Waals surface area contributed by atoms with Crippen LogP contribution in [-0.4, -0.2) is 17.9 Å². The number of para-hydroxylation sites is 1. The van der Waals surface area contributed by atoms with E-state index >= 15 is 0 Å². The summed E-state index contributed by atoms with van der Waals surface area (Å²) in [4.78, 5) is 25.0. The van der Waals surface area contributed by atoms with E-state index in [4.69, 9.17) is 10.00 Å². The van der Waals surface area contributed by atoms with Crippen molar-refractivity contribution in [3.63, 3.8) is 0 Å². The molecule has 0 radical (unpaired) electrons. The molecule has 144 valence electrons. The number of carbonyl (C=O) groups is 2. The van der Waals surface area contributed by atoms with Crippen molar-refractivity contribution < 1.29 is 14.3 Å². The van der Waals surface area contributed by atoms with Crippen LogP contribution in [0.15, 0.2) is 66.9 Å². The van der Waals surface area contributed by atoms with Gasteiger partial charge < -0.3 is 15.4 Å². The average Bonchev–Trinajstić information content (AvgIpc) is 2.68. The number of allylic oxidation sites excluding steroid dienone is 1. The van der Waals surface area contributed by atoms with E-state index in [-0.39, 0.29) is 11.6 Å². The van der Waals surface area contributed by atoms with Gasteiger partial charge in [-0.2, -0.15) is 5.26 Å². The van der Waals surface area contributed by atoms with Crippen LogP contribution in [0.5, 0.6) is 11.5 Å². The van der Waals surface area contributed by atoms with E-state index in [1.165, 1.54) is 0 Å². The Morgan fingerprint density at radius 3 is 2.43 bits per heavy atom. The second-order valence-corrected chi connectivity index (χ2v) is 6.68. The van der Waals surface area contributed by atoms with Crippen LogP contribution in [0.2, 0.25) is 0 Å². The summed E-state index contributed by atoms with van der Waals surface area (Å²) in [5.41, 5.74) is 0.306. The largest absolute Gasteiger partial charge is 0.457 e. The zero-order valence-electron chi connectivity index (χ0n) is 15.9. The molecule has 0 aromatic heterocycles. The first-order valence-corrected chi connectivity index (χ1v) is 8.92. The third-order valence-corrected chi connectivity index (χ3v) is 3.81. The molecule has 6 heteroatoms. The molecule has 2 amide bonds. The van der Waals surface area contributed by atoms with Crippen LogP contribution in [-0.2, 0) is 4.79 Å². The van der Waals surface area contributed by atoms with Gasteiger partial charge in [-0.1, -0.05) is 44.7 Å². The van der Waals surface area contributed by atoms with Crippen molar-refractivity contribution in [1.29, 1.82) is 5.26 Å². The van der Waals surface area contributed by atoms with E-state index in [2.05, 4.69) is 17.2 Å². The summed E-state index contributed by atoms with van der Waals surface area (Å²) in [6.07, 6.45) is 0.427. The lowest BCUT2D eigenvalue weighted by Crippen LogP contribution is -2.47. The van der Waals surface area contributed by atoms with E-state index in [1.807, 2.05) is 44.2 Å². The Labute approximate surface area is 164 Å². The first kappa shape index (κ1) is 20.7. The Kier molecular flexibility index (Phi) is 7.35. The van der Waals surface area contributed by atoms with E-state index < -0.39 is 17.9 Å². The molecule has 2 rings (SSSR count). The summed E-state index contributed by atoms with van der Waals surface area (Å²) < 4.78 is 5.75. The highest BCUT2D eigenvalue weighted by Gasteiger charge is 2.23. The Balaban J connectivity index is 2.12. The molecule has 28 heavy (non-hydrogen) atoms. The van der Waals surface area contributed by atoms with E-state index in [9.17, 15) is 9.59 Å². The number of hydrogen-bond donors (Lipinski definition) is 2. The van der Waals surface area contributed by atoms with Crippen LogP contribution in [0.25, 0.3) is 0 Å². The Bertz CT molecular complexity index is 885. The Morgan fingerprint density at radius 2 is 1.79 bits per heavy atom. The lowest BCUT2D eigenvalue weighted by molar-refractivity contribution is -0.122. The first-order valence-electron chi connectivity index (χ1n) is 8.92. The zero-order valence-corrected chi connectivity index (χ0v) is 15.9. The van der Waals surface area contributed by atoms with Gasteiger partial charge in [-0.15, -0.1) is 0 Å². The molecule has 0 aliphatic rings. The van der Waals surface area contributed by atoms with Gasteiger partial charge in [0.05, 0.1) is 0 Å². The summed E-state index contributed by atoms with van der Waals surface area (Å²) >= 11 is 0. The van der Waals surface area contributed by atoms with Crippen LogP contribution in [0.4, 0.5) is 0 Å². The molecule has 2 N–H and O–H groups in total. The normalized spacial score (nSPS) is 11.2. The van der Waals surface area contributed by atoms with Gasteiger partial charge in [-0.3, -0.25) is 9.59 Å². The molecular weight excluding hydrogens is 354 g/mol. The molecule has 0 aliphatic heterocycles. The minimum Gasteiger partial charge on any atom is -0.457 e. The van der Waals surface area contributed by atoms with Crippen LogP contribution in [0.1, 0.15) is 30.6 Å². The van der Waals surface area contributed by atoms with Gasteiger partial charge in [0.1, 0.15) is 29.3 Å². The van der Waals surface area contributed by atoms with Crippen molar-refractivity contribution in [1.82, 2.24) is 10.6 Å². The fraction of sp³-hybridized carbons (Fsp3) is 0.227. The third kappa shape index (κ3) is 6.29. The topological polar surface area (TPSA) is 91.2 Å². The fourth-order valence-corrected chi connectivity index (χ4v) is 2.53. The standard InChI is InChI=1S/C22H23N3O3/c1-15(2)12-20(22(27)24-16(3)14-23)25-21(26)17-8-7-11-19(13-17)28-18-9-5-4-6-10-18/h4-11,13,15,20H,3,12H2,1-2H3,(H,24,27)(H,25,26)/t20-/m0/s1. The van der Waals surface area contributed by atoms with Gasteiger partial charge in [-0.25, -0.2) is 0 Å². The molecule has 0 bridgehead atoms. The monoisotopic (exact) mass is 377 g/mol. The maximum Gasteiger partial charge on any atom is 0.252 e. The highest BCUT2D eigenvalue weighted by molar-refractivity contribution is 5.98. The number of nitrogens with one attached hydrogen (secondary N) is 2. The van der Waals surface area contributed by atoms with Crippen LogP contribution >= 0.6 is 0 Å². The number of amides is 2. The van der Waals surface area contributed by atoms with E-state index in [1.54, 1.807) is 30.3 Å². The highest BCUT2D eigenvalue weighted by atomic mass is 16.5. The number of nitriles is 1. The minimum absolute atomic E-state index is 0.0636. The smallest absolute Gasteiger partial charge is 0.252 e. The minimum atomic E-state index is -0.781.